The Morgan fingerprint density at radius 2 is 2.25 bits per heavy atom. The minimum absolute atomic E-state index is 0.0968. The highest BCUT2D eigenvalue weighted by Gasteiger charge is 2.21. The number of fused-ring (bicyclic) bond motifs is 1. The number of aromatic nitrogens is 1. The van der Waals surface area contributed by atoms with E-state index in [1.165, 1.54) is 11.3 Å². The summed E-state index contributed by atoms with van der Waals surface area (Å²) in [6, 6.07) is 4.07. The molecule has 112 valence electrons. The van der Waals surface area contributed by atoms with Gasteiger partial charge in [-0.05, 0) is 38.3 Å². The van der Waals surface area contributed by atoms with E-state index in [0.717, 1.165) is 38.7 Å². The van der Waals surface area contributed by atoms with Crippen LogP contribution in [-0.4, -0.2) is 24.8 Å². The van der Waals surface area contributed by atoms with Crippen molar-refractivity contribution in [2.24, 2.45) is 0 Å². The number of rotatable bonds is 7. The third-order valence-electron chi connectivity index (χ3n) is 4.06. The van der Waals surface area contributed by atoms with E-state index in [0.29, 0.717) is 19.2 Å². The highest BCUT2D eigenvalue weighted by molar-refractivity contribution is 5.27. The van der Waals surface area contributed by atoms with E-state index >= 15 is 0 Å². The van der Waals surface area contributed by atoms with Gasteiger partial charge >= 0.3 is 0 Å². The largest absolute Gasteiger partial charge is 0.380 e. The molecule has 0 spiro atoms. The smallest absolute Gasteiger partial charge is 0.250 e. The first-order valence-electron chi connectivity index (χ1n) is 7.75. The van der Waals surface area contributed by atoms with Crippen LogP contribution in [0.2, 0.25) is 0 Å². The zero-order valence-electron chi connectivity index (χ0n) is 12.7. The molecule has 0 radical (unpaired) electrons. The van der Waals surface area contributed by atoms with Crippen LogP contribution < -0.4 is 10.9 Å². The molecule has 1 atom stereocenters. The summed E-state index contributed by atoms with van der Waals surface area (Å²) in [7, 11) is 1.99. The maximum Gasteiger partial charge on any atom is 0.250 e. The summed E-state index contributed by atoms with van der Waals surface area (Å²) in [6.45, 7) is 4.24. The van der Waals surface area contributed by atoms with Crippen LogP contribution in [-0.2, 0) is 17.7 Å². The lowest BCUT2D eigenvalue weighted by Gasteiger charge is -2.27. The summed E-state index contributed by atoms with van der Waals surface area (Å²) >= 11 is 0. The van der Waals surface area contributed by atoms with Crippen LogP contribution in [0, 0.1) is 0 Å². The van der Waals surface area contributed by atoms with E-state index in [4.69, 9.17) is 4.74 Å². The van der Waals surface area contributed by atoms with Crippen molar-refractivity contribution >= 4 is 0 Å². The van der Waals surface area contributed by atoms with Gasteiger partial charge in [-0.2, -0.15) is 0 Å². The van der Waals surface area contributed by atoms with Crippen molar-refractivity contribution in [2.45, 2.75) is 51.6 Å². The molecule has 2 rings (SSSR count). The summed E-state index contributed by atoms with van der Waals surface area (Å²) in [5.74, 6) is 0. The monoisotopic (exact) mass is 278 g/mol. The molecule has 0 aromatic carbocycles. The molecule has 0 saturated carbocycles. The maximum absolute atomic E-state index is 12.1. The highest BCUT2D eigenvalue weighted by Crippen LogP contribution is 2.28. The second kappa shape index (κ2) is 7.60. The van der Waals surface area contributed by atoms with Crippen LogP contribution in [0.5, 0.6) is 0 Å². The van der Waals surface area contributed by atoms with Gasteiger partial charge in [-0.3, -0.25) is 4.79 Å². The van der Waals surface area contributed by atoms with E-state index in [2.05, 4.69) is 12.2 Å². The Hall–Kier alpha value is -1.13. The summed E-state index contributed by atoms with van der Waals surface area (Å²) in [5, 5.41) is 3.34. The van der Waals surface area contributed by atoms with Gasteiger partial charge in [0.05, 0.1) is 6.61 Å². The molecule has 1 aromatic rings. The molecule has 1 heterocycles. The summed E-state index contributed by atoms with van der Waals surface area (Å²) in [5.41, 5.74) is 2.58. The predicted octanol–water partition coefficient (Wildman–Crippen LogP) is 2.26. The SMILES string of the molecule is CCCCOCCn1c2c(ccc1=O)C(NC)CCC2. The summed E-state index contributed by atoms with van der Waals surface area (Å²) < 4.78 is 7.51. The third kappa shape index (κ3) is 3.49. The Morgan fingerprint density at radius 3 is 3.00 bits per heavy atom. The van der Waals surface area contributed by atoms with Crippen molar-refractivity contribution in [3.8, 4) is 0 Å². The molecule has 1 unspecified atom stereocenters. The Morgan fingerprint density at radius 1 is 1.40 bits per heavy atom. The molecule has 1 aromatic heterocycles. The lowest BCUT2D eigenvalue weighted by atomic mass is 9.91. The lowest BCUT2D eigenvalue weighted by molar-refractivity contribution is 0.122. The topological polar surface area (TPSA) is 43.3 Å². The van der Waals surface area contributed by atoms with Crippen molar-refractivity contribution in [1.29, 1.82) is 0 Å². The van der Waals surface area contributed by atoms with Gasteiger partial charge in [0, 0.05) is 31.0 Å². The minimum Gasteiger partial charge on any atom is -0.380 e. The van der Waals surface area contributed by atoms with Crippen LogP contribution in [0.25, 0.3) is 0 Å². The van der Waals surface area contributed by atoms with Crippen LogP contribution >= 0.6 is 0 Å². The normalized spacial score (nSPS) is 18.0. The van der Waals surface area contributed by atoms with E-state index in [1.807, 2.05) is 17.7 Å². The van der Waals surface area contributed by atoms with Gasteiger partial charge in [-0.1, -0.05) is 19.4 Å². The number of unbranched alkanes of at least 4 members (excludes halogenated alkanes) is 1. The zero-order chi connectivity index (χ0) is 14.4. The van der Waals surface area contributed by atoms with E-state index < -0.39 is 0 Å². The quantitative estimate of drug-likeness (QED) is 0.778. The number of pyridine rings is 1. The Balaban J connectivity index is 2.10. The van der Waals surface area contributed by atoms with Gasteiger partial charge in [0.25, 0.3) is 5.56 Å². The van der Waals surface area contributed by atoms with Crippen molar-refractivity contribution in [1.82, 2.24) is 9.88 Å². The molecule has 1 aliphatic carbocycles. The van der Waals surface area contributed by atoms with Crippen molar-refractivity contribution in [3.63, 3.8) is 0 Å². The molecule has 0 amide bonds. The first-order chi connectivity index (χ1) is 9.77. The first-order valence-corrected chi connectivity index (χ1v) is 7.75. The predicted molar refractivity (Wildman–Crippen MR) is 81.2 cm³/mol. The number of hydrogen-bond acceptors (Lipinski definition) is 3. The second-order valence-corrected chi connectivity index (χ2v) is 5.42. The molecule has 4 heteroatoms. The van der Waals surface area contributed by atoms with Crippen molar-refractivity contribution < 1.29 is 4.74 Å². The fourth-order valence-corrected chi connectivity index (χ4v) is 2.91. The lowest BCUT2D eigenvalue weighted by Crippen LogP contribution is -2.31. The molecular formula is C16H26N2O2. The Bertz CT molecular complexity index is 482. The van der Waals surface area contributed by atoms with Crippen molar-refractivity contribution in [2.75, 3.05) is 20.3 Å². The Kier molecular flexibility index (Phi) is 5.80. The average Bonchev–Trinajstić information content (AvgIpc) is 2.48. The second-order valence-electron chi connectivity index (χ2n) is 5.42. The molecule has 0 bridgehead atoms. The first kappa shape index (κ1) is 15.3. The number of hydrogen-bond donors (Lipinski definition) is 1. The molecule has 1 aliphatic rings. The third-order valence-corrected chi connectivity index (χ3v) is 4.06. The van der Waals surface area contributed by atoms with Gasteiger partial charge < -0.3 is 14.6 Å². The van der Waals surface area contributed by atoms with Crippen LogP contribution in [0.1, 0.15) is 49.9 Å². The fourth-order valence-electron chi connectivity index (χ4n) is 2.91. The van der Waals surface area contributed by atoms with E-state index in [-0.39, 0.29) is 5.56 Å². The van der Waals surface area contributed by atoms with Gasteiger partial charge in [0.15, 0.2) is 0 Å². The number of nitrogens with zero attached hydrogens (tertiary/aromatic N) is 1. The zero-order valence-corrected chi connectivity index (χ0v) is 12.7. The van der Waals surface area contributed by atoms with Gasteiger partial charge in [0.2, 0.25) is 0 Å². The number of nitrogens with one attached hydrogen (secondary N) is 1. The molecule has 1 N–H and O–H groups in total. The molecule has 0 saturated heterocycles. The average molecular weight is 278 g/mol. The molecule has 4 nitrogen and oxygen atoms in total. The van der Waals surface area contributed by atoms with E-state index in [1.54, 1.807) is 6.07 Å². The summed E-state index contributed by atoms with van der Waals surface area (Å²) in [4.78, 5) is 12.1. The van der Waals surface area contributed by atoms with Crippen molar-refractivity contribution in [3.05, 3.63) is 33.7 Å². The van der Waals surface area contributed by atoms with Crippen LogP contribution in [0.15, 0.2) is 16.9 Å². The minimum atomic E-state index is 0.0968. The van der Waals surface area contributed by atoms with Crippen LogP contribution in [0.4, 0.5) is 0 Å². The molecule has 0 fully saturated rings. The number of ether oxygens (including phenoxy) is 1. The standard InChI is InChI=1S/C16H26N2O2/c1-3-4-11-20-12-10-18-15-7-5-6-14(17-2)13(15)8-9-16(18)19/h8-9,14,17H,3-7,10-12H2,1-2H3. The summed E-state index contributed by atoms with van der Waals surface area (Å²) in [6.07, 6.45) is 5.51. The van der Waals surface area contributed by atoms with Crippen LogP contribution in [0.3, 0.4) is 0 Å². The highest BCUT2D eigenvalue weighted by atomic mass is 16.5. The van der Waals surface area contributed by atoms with Gasteiger partial charge in [-0.25, -0.2) is 0 Å². The molecule has 0 aliphatic heterocycles. The molecule has 20 heavy (non-hydrogen) atoms. The van der Waals surface area contributed by atoms with Gasteiger partial charge in [-0.15, -0.1) is 0 Å². The Labute approximate surface area is 121 Å². The van der Waals surface area contributed by atoms with Gasteiger partial charge in [0.1, 0.15) is 0 Å². The fraction of sp³-hybridized carbons (Fsp3) is 0.688. The van der Waals surface area contributed by atoms with E-state index in [9.17, 15) is 4.79 Å². The maximum atomic E-state index is 12.1. The molecular weight excluding hydrogens is 252 g/mol.